The Balaban J connectivity index is 1.95. The van der Waals surface area contributed by atoms with Crippen molar-refractivity contribution >= 4 is 6.09 Å². The lowest BCUT2D eigenvalue weighted by Crippen LogP contribution is -2.37. The molecule has 1 atom stereocenters. The van der Waals surface area contributed by atoms with Gasteiger partial charge in [0.05, 0.1) is 18.3 Å². The van der Waals surface area contributed by atoms with Gasteiger partial charge in [0.2, 0.25) is 0 Å². The second-order valence-electron chi connectivity index (χ2n) is 6.68. The fourth-order valence-corrected chi connectivity index (χ4v) is 2.98. The quantitative estimate of drug-likeness (QED) is 0.706. The average Bonchev–Trinajstić information content (AvgIpc) is 3.16. The third kappa shape index (κ3) is 4.72. The smallest absolute Gasteiger partial charge is 0.410 e. The van der Waals surface area contributed by atoms with Crippen LogP contribution >= 0.6 is 0 Å². The molecule has 1 aromatic heterocycles. The molecule has 8 heteroatoms. The van der Waals surface area contributed by atoms with Crippen LogP contribution in [0, 0.1) is 13.8 Å². The summed E-state index contributed by atoms with van der Waals surface area (Å²) in [5, 5.41) is 14.0. The van der Waals surface area contributed by atoms with E-state index < -0.39 is 6.09 Å². The highest BCUT2D eigenvalue weighted by molar-refractivity contribution is 5.75. The minimum absolute atomic E-state index is 0.168. The maximum Gasteiger partial charge on any atom is 0.412 e. The maximum absolute atomic E-state index is 12.2. The maximum atomic E-state index is 12.2. The number of tetrazole rings is 1. The average molecular weight is 381 g/mol. The predicted molar refractivity (Wildman–Crippen MR) is 105 cm³/mol. The van der Waals surface area contributed by atoms with Crippen molar-refractivity contribution in [2.45, 2.75) is 26.8 Å². The molecule has 1 heterocycles. The topological polar surface area (TPSA) is 91.2 Å². The lowest BCUT2D eigenvalue weighted by atomic mass is 9.98. The van der Waals surface area contributed by atoms with E-state index >= 15 is 0 Å². The van der Waals surface area contributed by atoms with Crippen LogP contribution in [0.15, 0.2) is 42.7 Å². The number of aromatic nitrogens is 4. The first kappa shape index (κ1) is 19.5. The molecule has 1 unspecified atom stereocenters. The molecule has 0 fully saturated rings. The van der Waals surface area contributed by atoms with Gasteiger partial charge in [-0.3, -0.25) is 0 Å². The molecule has 1 amide bonds. The largest absolute Gasteiger partial charge is 0.412 e. The Morgan fingerprint density at radius 2 is 2.04 bits per heavy atom. The second kappa shape index (κ2) is 8.62. The lowest BCUT2D eigenvalue weighted by Gasteiger charge is -2.15. The number of nitrogens with zero attached hydrogens (tertiary/aromatic N) is 4. The molecule has 0 radical (unpaired) electrons. The van der Waals surface area contributed by atoms with E-state index in [0.29, 0.717) is 18.0 Å². The van der Waals surface area contributed by atoms with Gasteiger partial charge in [-0.1, -0.05) is 23.8 Å². The minimum atomic E-state index is -0.551. The molecule has 3 rings (SSSR count). The van der Waals surface area contributed by atoms with Crippen LogP contribution in [0.5, 0.6) is 5.75 Å². The van der Waals surface area contributed by atoms with Gasteiger partial charge in [0, 0.05) is 13.2 Å². The molecule has 0 aliphatic carbocycles. The summed E-state index contributed by atoms with van der Waals surface area (Å²) < 4.78 is 12.1. The zero-order valence-electron chi connectivity index (χ0n) is 16.3. The van der Waals surface area contributed by atoms with Crippen molar-refractivity contribution in [2.75, 3.05) is 13.7 Å². The van der Waals surface area contributed by atoms with E-state index in [9.17, 15) is 4.79 Å². The molecular formula is C20H23N5O3. The van der Waals surface area contributed by atoms with Gasteiger partial charge in [0.1, 0.15) is 12.1 Å². The molecule has 0 aliphatic rings. The number of nitrogens with one attached hydrogen (secondary N) is 1. The normalized spacial score (nSPS) is 11.9. The molecule has 1 N–H and O–H groups in total. The molecule has 2 aromatic carbocycles. The van der Waals surface area contributed by atoms with Gasteiger partial charge in [-0.15, -0.1) is 5.10 Å². The molecule has 0 saturated heterocycles. The van der Waals surface area contributed by atoms with Gasteiger partial charge in [0.15, 0.2) is 0 Å². The fourth-order valence-electron chi connectivity index (χ4n) is 2.98. The Bertz CT molecular complexity index is 956. The SMILES string of the molecule is COCC(C)NC(=O)Oc1cc(-c2ccc(C)cc2C)cc(-n2cnnn2)c1. The van der Waals surface area contributed by atoms with Crippen LogP contribution in [0.3, 0.4) is 0 Å². The van der Waals surface area contributed by atoms with E-state index in [2.05, 4.69) is 26.9 Å². The number of hydrogen-bond acceptors (Lipinski definition) is 6. The number of methoxy groups -OCH3 is 1. The van der Waals surface area contributed by atoms with Gasteiger partial charge in [0.25, 0.3) is 0 Å². The van der Waals surface area contributed by atoms with Gasteiger partial charge in [-0.2, -0.15) is 0 Å². The number of rotatable bonds is 6. The van der Waals surface area contributed by atoms with Crippen LogP contribution in [-0.2, 0) is 4.74 Å². The summed E-state index contributed by atoms with van der Waals surface area (Å²) in [6, 6.07) is 11.5. The highest BCUT2D eigenvalue weighted by atomic mass is 16.6. The number of carbonyl (C=O) groups excluding carboxylic acids is 1. The summed E-state index contributed by atoms with van der Waals surface area (Å²) in [5.41, 5.74) is 4.94. The van der Waals surface area contributed by atoms with E-state index in [1.807, 2.05) is 45.0 Å². The molecule has 0 aliphatic heterocycles. The second-order valence-corrected chi connectivity index (χ2v) is 6.68. The summed E-state index contributed by atoms with van der Waals surface area (Å²) in [6.45, 7) is 6.33. The number of ether oxygens (including phenoxy) is 2. The third-order valence-electron chi connectivity index (χ3n) is 4.19. The van der Waals surface area contributed by atoms with Crippen molar-refractivity contribution in [3.05, 3.63) is 53.9 Å². The molecule has 3 aromatic rings. The van der Waals surface area contributed by atoms with Gasteiger partial charge >= 0.3 is 6.09 Å². The van der Waals surface area contributed by atoms with Crippen molar-refractivity contribution < 1.29 is 14.3 Å². The number of amides is 1. The predicted octanol–water partition coefficient (Wildman–Crippen LogP) is 3.07. The Labute approximate surface area is 163 Å². The fraction of sp³-hybridized carbons (Fsp3) is 0.300. The number of aryl methyl sites for hydroxylation is 2. The van der Waals surface area contributed by atoms with E-state index in [0.717, 1.165) is 16.7 Å². The first-order valence-corrected chi connectivity index (χ1v) is 8.89. The van der Waals surface area contributed by atoms with E-state index in [1.54, 1.807) is 13.2 Å². The summed E-state index contributed by atoms with van der Waals surface area (Å²) in [6.07, 6.45) is 0.941. The minimum Gasteiger partial charge on any atom is -0.410 e. The summed E-state index contributed by atoms with van der Waals surface area (Å²) >= 11 is 0. The van der Waals surface area contributed by atoms with E-state index in [4.69, 9.17) is 9.47 Å². The first-order chi connectivity index (χ1) is 13.5. The molecule has 146 valence electrons. The standard InChI is InChI=1S/C20H23N5O3/c1-13-5-6-19(14(2)7-13)16-8-17(25-12-21-23-24-25)10-18(9-16)28-20(26)22-15(3)11-27-4/h5-10,12,15H,11H2,1-4H3,(H,22,26). The molecular weight excluding hydrogens is 358 g/mol. The van der Waals surface area contributed by atoms with Crippen molar-refractivity contribution in [1.29, 1.82) is 0 Å². The molecule has 28 heavy (non-hydrogen) atoms. The zero-order chi connectivity index (χ0) is 20.1. The van der Waals surface area contributed by atoms with Crippen molar-refractivity contribution in [1.82, 2.24) is 25.5 Å². The van der Waals surface area contributed by atoms with Crippen molar-refractivity contribution in [3.8, 4) is 22.6 Å². The highest BCUT2D eigenvalue weighted by Gasteiger charge is 2.13. The summed E-state index contributed by atoms with van der Waals surface area (Å²) in [4.78, 5) is 12.2. The van der Waals surface area contributed by atoms with Gasteiger partial charge in [-0.25, -0.2) is 9.48 Å². The Kier molecular flexibility index (Phi) is 6.00. The lowest BCUT2D eigenvalue weighted by molar-refractivity contribution is 0.159. The number of carbonyl (C=O) groups is 1. The van der Waals surface area contributed by atoms with Crippen molar-refractivity contribution in [3.63, 3.8) is 0 Å². The Hall–Kier alpha value is -3.26. The first-order valence-electron chi connectivity index (χ1n) is 8.89. The monoisotopic (exact) mass is 381 g/mol. The van der Waals surface area contributed by atoms with Crippen LogP contribution < -0.4 is 10.1 Å². The summed E-state index contributed by atoms with van der Waals surface area (Å²) in [5.74, 6) is 0.394. The van der Waals surface area contributed by atoms with E-state index in [1.165, 1.54) is 16.6 Å². The highest BCUT2D eigenvalue weighted by Crippen LogP contribution is 2.30. The number of hydrogen-bond donors (Lipinski definition) is 1. The van der Waals surface area contributed by atoms with Crippen LogP contribution in [0.4, 0.5) is 4.79 Å². The number of benzene rings is 2. The van der Waals surface area contributed by atoms with Crippen LogP contribution in [-0.4, -0.2) is 46.1 Å². The zero-order valence-corrected chi connectivity index (χ0v) is 16.3. The van der Waals surface area contributed by atoms with E-state index in [-0.39, 0.29) is 6.04 Å². The van der Waals surface area contributed by atoms with Crippen LogP contribution in [0.1, 0.15) is 18.1 Å². The van der Waals surface area contributed by atoms with Gasteiger partial charge < -0.3 is 14.8 Å². The van der Waals surface area contributed by atoms with Crippen LogP contribution in [0.25, 0.3) is 16.8 Å². The third-order valence-corrected chi connectivity index (χ3v) is 4.19. The summed E-state index contributed by atoms with van der Waals surface area (Å²) in [7, 11) is 1.58. The molecule has 0 spiro atoms. The Morgan fingerprint density at radius 1 is 1.21 bits per heavy atom. The van der Waals surface area contributed by atoms with Crippen molar-refractivity contribution in [2.24, 2.45) is 0 Å². The van der Waals surface area contributed by atoms with Gasteiger partial charge in [-0.05, 0) is 60.0 Å². The van der Waals surface area contributed by atoms with Crippen LogP contribution in [0.2, 0.25) is 0 Å². The molecule has 0 bridgehead atoms. The Morgan fingerprint density at radius 3 is 2.71 bits per heavy atom. The molecule has 8 nitrogen and oxygen atoms in total. The molecule has 0 saturated carbocycles.